The van der Waals surface area contributed by atoms with Crippen LogP contribution in [0.3, 0.4) is 0 Å². The van der Waals surface area contributed by atoms with E-state index >= 15 is 0 Å². The lowest BCUT2D eigenvalue weighted by Gasteiger charge is -2.13. The predicted octanol–water partition coefficient (Wildman–Crippen LogP) is 3.89. The lowest BCUT2D eigenvalue weighted by Crippen LogP contribution is -2.08. The van der Waals surface area contributed by atoms with Crippen LogP contribution in [0.25, 0.3) is 0 Å². The Morgan fingerprint density at radius 3 is 2.53 bits per heavy atom. The minimum atomic E-state index is -0.918. The third kappa shape index (κ3) is 3.28. The molecule has 0 saturated heterocycles. The van der Waals surface area contributed by atoms with Crippen molar-refractivity contribution >= 4 is 21.9 Å². The molecule has 94 valence electrons. The first-order chi connectivity index (χ1) is 7.99. The van der Waals surface area contributed by atoms with Gasteiger partial charge in [0.15, 0.2) is 0 Å². The van der Waals surface area contributed by atoms with E-state index in [-0.39, 0.29) is 0 Å². The molecule has 1 heterocycles. The molecule has 0 unspecified atom stereocenters. The van der Waals surface area contributed by atoms with E-state index in [4.69, 9.17) is 5.11 Å². The molecule has 4 heteroatoms. The Balaban J connectivity index is 3.12. The Bertz CT molecular complexity index is 430. The average molecular weight is 300 g/mol. The molecule has 0 atom stereocenters. The van der Waals surface area contributed by atoms with E-state index in [1.807, 2.05) is 13.8 Å². The van der Waals surface area contributed by atoms with E-state index in [0.29, 0.717) is 10.2 Å². The highest BCUT2D eigenvalue weighted by molar-refractivity contribution is 9.10. The molecule has 0 aliphatic carbocycles. The standard InChI is InChI=1S/C13H18BrNO2/c1-4-5-6-7-10-8(2)11(13(16)17)12(14)15-9(10)3/h4-7H2,1-3H3,(H,16,17). The Morgan fingerprint density at radius 1 is 1.35 bits per heavy atom. The molecule has 3 nitrogen and oxygen atoms in total. The van der Waals surface area contributed by atoms with E-state index in [9.17, 15) is 4.79 Å². The van der Waals surface area contributed by atoms with Gasteiger partial charge in [-0.2, -0.15) is 0 Å². The Labute approximate surface area is 110 Å². The quantitative estimate of drug-likeness (QED) is 0.663. The number of hydrogen-bond donors (Lipinski definition) is 1. The van der Waals surface area contributed by atoms with Gasteiger partial charge in [0.25, 0.3) is 0 Å². The fraction of sp³-hybridized carbons (Fsp3) is 0.538. The van der Waals surface area contributed by atoms with Crippen molar-refractivity contribution in [2.24, 2.45) is 0 Å². The van der Waals surface area contributed by atoms with Gasteiger partial charge >= 0.3 is 5.97 Å². The van der Waals surface area contributed by atoms with Crippen LogP contribution in [-0.2, 0) is 6.42 Å². The Kier molecular flexibility index (Phi) is 5.12. The number of aryl methyl sites for hydroxylation is 1. The van der Waals surface area contributed by atoms with E-state index in [1.54, 1.807) is 0 Å². The van der Waals surface area contributed by atoms with Crippen molar-refractivity contribution in [2.75, 3.05) is 0 Å². The molecule has 0 bridgehead atoms. The van der Waals surface area contributed by atoms with Gasteiger partial charge in [0.2, 0.25) is 0 Å². The van der Waals surface area contributed by atoms with Crippen LogP contribution in [0.4, 0.5) is 0 Å². The fourth-order valence-corrected chi connectivity index (χ4v) is 2.75. The number of rotatable bonds is 5. The first-order valence-electron chi connectivity index (χ1n) is 5.87. The summed E-state index contributed by atoms with van der Waals surface area (Å²) in [7, 11) is 0. The van der Waals surface area contributed by atoms with Gasteiger partial charge in [-0.1, -0.05) is 19.8 Å². The van der Waals surface area contributed by atoms with E-state index in [2.05, 4.69) is 27.8 Å². The topological polar surface area (TPSA) is 50.2 Å². The van der Waals surface area contributed by atoms with E-state index < -0.39 is 5.97 Å². The second kappa shape index (κ2) is 6.15. The minimum Gasteiger partial charge on any atom is -0.478 e. The number of carboxylic acid groups (broad SMARTS) is 1. The van der Waals surface area contributed by atoms with Crippen LogP contribution in [-0.4, -0.2) is 16.1 Å². The van der Waals surface area contributed by atoms with Crippen LogP contribution in [0.5, 0.6) is 0 Å². The second-order valence-corrected chi connectivity index (χ2v) is 4.98. The van der Waals surface area contributed by atoms with Gasteiger partial charge in [-0.05, 0) is 53.7 Å². The zero-order chi connectivity index (χ0) is 13.0. The van der Waals surface area contributed by atoms with Gasteiger partial charge in [0.05, 0.1) is 5.56 Å². The molecule has 0 saturated carbocycles. The molecule has 1 rings (SSSR count). The Hall–Kier alpha value is -0.900. The van der Waals surface area contributed by atoms with Gasteiger partial charge in [-0.3, -0.25) is 0 Å². The molecule has 0 fully saturated rings. The number of halogens is 1. The van der Waals surface area contributed by atoms with Gasteiger partial charge in [-0.25, -0.2) is 9.78 Å². The molecule has 0 amide bonds. The molecule has 1 aromatic rings. The first kappa shape index (κ1) is 14.2. The third-order valence-electron chi connectivity index (χ3n) is 2.98. The fourth-order valence-electron chi connectivity index (χ4n) is 2.02. The number of pyridine rings is 1. The number of aromatic nitrogens is 1. The van der Waals surface area contributed by atoms with Crippen LogP contribution >= 0.6 is 15.9 Å². The number of unbranched alkanes of at least 4 members (excludes halogenated alkanes) is 2. The summed E-state index contributed by atoms with van der Waals surface area (Å²) in [6.07, 6.45) is 4.32. The number of hydrogen-bond acceptors (Lipinski definition) is 2. The summed E-state index contributed by atoms with van der Waals surface area (Å²) in [6.45, 7) is 5.96. The molecule has 1 N–H and O–H groups in total. The maximum Gasteiger partial charge on any atom is 0.338 e. The highest BCUT2D eigenvalue weighted by Crippen LogP contribution is 2.25. The van der Waals surface area contributed by atoms with Crippen molar-refractivity contribution in [1.82, 2.24) is 4.98 Å². The zero-order valence-electron chi connectivity index (χ0n) is 10.5. The zero-order valence-corrected chi connectivity index (χ0v) is 12.1. The summed E-state index contributed by atoms with van der Waals surface area (Å²) in [5.74, 6) is -0.918. The van der Waals surface area contributed by atoms with Gasteiger partial charge in [0.1, 0.15) is 4.60 Å². The third-order valence-corrected chi connectivity index (χ3v) is 3.55. The van der Waals surface area contributed by atoms with Gasteiger partial charge in [-0.15, -0.1) is 0 Å². The summed E-state index contributed by atoms with van der Waals surface area (Å²) in [5, 5.41) is 9.16. The van der Waals surface area contributed by atoms with Crippen LogP contribution in [0.2, 0.25) is 0 Å². The lowest BCUT2D eigenvalue weighted by atomic mass is 9.98. The number of aromatic carboxylic acids is 1. The van der Waals surface area contributed by atoms with Crippen molar-refractivity contribution in [1.29, 1.82) is 0 Å². The summed E-state index contributed by atoms with van der Waals surface area (Å²) in [4.78, 5) is 15.4. The molecule has 0 aromatic carbocycles. The molecule has 0 radical (unpaired) electrons. The van der Waals surface area contributed by atoms with Crippen molar-refractivity contribution < 1.29 is 9.90 Å². The Morgan fingerprint density at radius 2 is 2.00 bits per heavy atom. The number of carbonyl (C=O) groups is 1. The highest BCUT2D eigenvalue weighted by atomic mass is 79.9. The van der Waals surface area contributed by atoms with Crippen molar-refractivity contribution in [3.05, 3.63) is 27.0 Å². The van der Waals surface area contributed by atoms with Crippen LogP contribution < -0.4 is 0 Å². The minimum absolute atomic E-state index is 0.294. The van der Waals surface area contributed by atoms with E-state index in [0.717, 1.165) is 42.5 Å². The maximum absolute atomic E-state index is 11.2. The highest BCUT2D eigenvalue weighted by Gasteiger charge is 2.18. The molecule has 0 aliphatic heterocycles. The SMILES string of the molecule is CCCCCc1c(C)nc(Br)c(C(=O)O)c1C. The van der Waals surface area contributed by atoms with E-state index in [1.165, 1.54) is 0 Å². The largest absolute Gasteiger partial charge is 0.478 e. The molecule has 17 heavy (non-hydrogen) atoms. The summed E-state index contributed by atoms with van der Waals surface area (Å²) in [5.41, 5.74) is 3.14. The molecular weight excluding hydrogens is 282 g/mol. The normalized spacial score (nSPS) is 10.6. The molecule has 0 aliphatic rings. The van der Waals surface area contributed by atoms with Gasteiger partial charge in [0, 0.05) is 5.69 Å². The smallest absolute Gasteiger partial charge is 0.338 e. The summed E-state index contributed by atoms with van der Waals surface area (Å²) in [6, 6.07) is 0. The van der Waals surface area contributed by atoms with Crippen molar-refractivity contribution in [3.63, 3.8) is 0 Å². The van der Waals surface area contributed by atoms with Crippen molar-refractivity contribution in [2.45, 2.75) is 46.5 Å². The molecular formula is C13H18BrNO2. The number of nitrogens with zero attached hydrogens (tertiary/aromatic N) is 1. The molecule has 0 spiro atoms. The lowest BCUT2D eigenvalue weighted by molar-refractivity contribution is 0.0694. The first-order valence-corrected chi connectivity index (χ1v) is 6.67. The van der Waals surface area contributed by atoms with Crippen LogP contribution in [0, 0.1) is 13.8 Å². The maximum atomic E-state index is 11.2. The summed E-state index contributed by atoms with van der Waals surface area (Å²) < 4.78 is 0.430. The molecule has 1 aromatic heterocycles. The van der Waals surface area contributed by atoms with Gasteiger partial charge < -0.3 is 5.11 Å². The van der Waals surface area contributed by atoms with Crippen molar-refractivity contribution in [3.8, 4) is 0 Å². The summed E-state index contributed by atoms with van der Waals surface area (Å²) >= 11 is 3.22. The average Bonchev–Trinajstić information content (AvgIpc) is 2.21. The van der Waals surface area contributed by atoms with Crippen LogP contribution in [0.1, 0.15) is 53.4 Å². The van der Waals surface area contributed by atoms with Crippen LogP contribution in [0.15, 0.2) is 4.60 Å². The predicted molar refractivity (Wildman–Crippen MR) is 71.6 cm³/mol. The second-order valence-electron chi connectivity index (χ2n) is 4.23. The monoisotopic (exact) mass is 299 g/mol. The number of carboxylic acids is 1.